The predicted octanol–water partition coefficient (Wildman–Crippen LogP) is 3.44. The van der Waals surface area contributed by atoms with E-state index in [4.69, 9.17) is 0 Å². The van der Waals surface area contributed by atoms with E-state index in [0.29, 0.717) is 5.75 Å². The zero-order valence-corrected chi connectivity index (χ0v) is 13.3. The molecule has 0 spiro atoms. The first-order chi connectivity index (χ1) is 10.8. The highest BCUT2D eigenvalue weighted by molar-refractivity contribution is 7.99. The maximum atomic E-state index is 12.1. The Hall–Kier alpha value is -1.88. The van der Waals surface area contributed by atoms with Gasteiger partial charge in [0.25, 0.3) is 0 Å². The first-order valence-electron chi connectivity index (χ1n) is 7.61. The number of thioether (sulfide) groups is 1. The summed E-state index contributed by atoms with van der Waals surface area (Å²) in [5.74, 6) is 1.51. The van der Waals surface area contributed by atoms with Gasteiger partial charge in [0.1, 0.15) is 17.2 Å². The minimum absolute atomic E-state index is 0.128. The maximum Gasteiger partial charge on any atom is 0.173 e. The van der Waals surface area contributed by atoms with E-state index < -0.39 is 0 Å². The summed E-state index contributed by atoms with van der Waals surface area (Å²) in [6.45, 7) is 2.12. The molecule has 5 heteroatoms. The molecule has 1 aliphatic rings. The third-order valence-electron chi connectivity index (χ3n) is 3.75. The number of ketones is 1. The van der Waals surface area contributed by atoms with Gasteiger partial charge in [0.05, 0.1) is 5.75 Å². The van der Waals surface area contributed by atoms with Gasteiger partial charge in [-0.1, -0.05) is 42.1 Å². The Morgan fingerprint density at radius 1 is 1.09 bits per heavy atom. The Morgan fingerprint density at radius 2 is 1.86 bits per heavy atom. The van der Waals surface area contributed by atoms with Crippen LogP contribution < -0.4 is 4.90 Å². The standard InChI is InChI=1S/C17H19N3OS/c21-15(14-7-3-1-4-8-14)12-22-17-11-16(18-13-19-17)20-9-5-2-6-10-20/h1,3-4,7-8,11,13H,2,5-6,9-10,12H2. The molecule has 22 heavy (non-hydrogen) atoms. The van der Waals surface area contributed by atoms with Gasteiger partial charge >= 0.3 is 0 Å². The molecular formula is C17H19N3OS. The molecule has 1 saturated heterocycles. The van der Waals surface area contributed by atoms with E-state index in [1.807, 2.05) is 36.4 Å². The van der Waals surface area contributed by atoms with Gasteiger partial charge in [-0.15, -0.1) is 0 Å². The molecule has 0 atom stereocenters. The molecule has 0 N–H and O–H groups in total. The molecule has 2 heterocycles. The van der Waals surface area contributed by atoms with Crippen LogP contribution in [0.3, 0.4) is 0 Å². The number of carbonyl (C=O) groups is 1. The van der Waals surface area contributed by atoms with E-state index in [2.05, 4.69) is 14.9 Å². The Bertz CT molecular complexity index is 627. The summed E-state index contributed by atoms with van der Waals surface area (Å²) in [5.41, 5.74) is 0.750. The zero-order valence-electron chi connectivity index (χ0n) is 12.4. The Morgan fingerprint density at radius 3 is 2.64 bits per heavy atom. The molecule has 2 aromatic rings. The van der Waals surface area contributed by atoms with Crippen LogP contribution in [0.15, 0.2) is 47.8 Å². The molecule has 3 rings (SSSR count). The first-order valence-corrected chi connectivity index (χ1v) is 8.59. The SMILES string of the molecule is O=C(CSc1cc(N2CCCCC2)ncn1)c1ccccc1. The molecule has 0 aliphatic carbocycles. The topological polar surface area (TPSA) is 46.1 Å². The number of rotatable bonds is 5. The van der Waals surface area contributed by atoms with Crippen molar-refractivity contribution in [2.24, 2.45) is 0 Å². The van der Waals surface area contributed by atoms with Crippen LogP contribution in [0.1, 0.15) is 29.6 Å². The monoisotopic (exact) mass is 313 g/mol. The molecule has 1 fully saturated rings. The van der Waals surface area contributed by atoms with Crippen LogP contribution >= 0.6 is 11.8 Å². The highest BCUT2D eigenvalue weighted by Crippen LogP contribution is 2.23. The summed E-state index contributed by atoms with van der Waals surface area (Å²) in [5, 5.41) is 0.861. The summed E-state index contributed by atoms with van der Waals surface area (Å²) in [7, 11) is 0. The summed E-state index contributed by atoms with van der Waals surface area (Å²) in [4.78, 5) is 23.1. The number of benzene rings is 1. The lowest BCUT2D eigenvalue weighted by Crippen LogP contribution is -2.30. The van der Waals surface area contributed by atoms with Crippen LogP contribution in [-0.4, -0.2) is 34.6 Å². The molecule has 1 aromatic carbocycles. The number of carbonyl (C=O) groups excluding carboxylic acids is 1. The van der Waals surface area contributed by atoms with Crippen molar-refractivity contribution in [1.82, 2.24) is 9.97 Å². The van der Waals surface area contributed by atoms with Gasteiger partial charge in [0.15, 0.2) is 5.78 Å². The maximum absolute atomic E-state index is 12.1. The number of hydrogen-bond donors (Lipinski definition) is 0. The number of hydrogen-bond acceptors (Lipinski definition) is 5. The average Bonchev–Trinajstić information content (AvgIpc) is 2.61. The van der Waals surface area contributed by atoms with Gasteiger partial charge in [-0.2, -0.15) is 0 Å². The van der Waals surface area contributed by atoms with E-state index >= 15 is 0 Å². The normalized spacial score (nSPS) is 14.8. The molecule has 114 valence electrons. The molecule has 0 amide bonds. The van der Waals surface area contributed by atoms with Gasteiger partial charge in [0.2, 0.25) is 0 Å². The van der Waals surface area contributed by atoms with E-state index in [1.165, 1.54) is 31.0 Å². The molecule has 4 nitrogen and oxygen atoms in total. The molecule has 0 saturated carbocycles. The van der Waals surface area contributed by atoms with Crippen LogP contribution in [0.4, 0.5) is 5.82 Å². The van der Waals surface area contributed by atoms with Gasteiger partial charge in [-0.05, 0) is 19.3 Å². The Kier molecular flexibility index (Phi) is 5.06. The van der Waals surface area contributed by atoms with E-state index in [9.17, 15) is 4.79 Å². The molecule has 1 aromatic heterocycles. The fraction of sp³-hybridized carbons (Fsp3) is 0.353. The highest BCUT2D eigenvalue weighted by Gasteiger charge is 2.13. The van der Waals surface area contributed by atoms with Crippen molar-refractivity contribution in [3.63, 3.8) is 0 Å². The third-order valence-corrected chi connectivity index (χ3v) is 4.68. The number of Topliss-reactive ketones (excluding diaryl/α,β-unsaturated/α-hetero) is 1. The third kappa shape index (κ3) is 3.85. The van der Waals surface area contributed by atoms with Crippen molar-refractivity contribution in [3.8, 4) is 0 Å². The van der Waals surface area contributed by atoms with Crippen molar-refractivity contribution in [2.75, 3.05) is 23.7 Å². The number of aromatic nitrogens is 2. The molecule has 0 radical (unpaired) electrons. The average molecular weight is 313 g/mol. The van der Waals surface area contributed by atoms with Crippen molar-refractivity contribution in [1.29, 1.82) is 0 Å². The largest absolute Gasteiger partial charge is 0.356 e. The molecule has 1 aliphatic heterocycles. The van der Waals surface area contributed by atoms with Crippen LogP contribution in [0.25, 0.3) is 0 Å². The summed E-state index contributed by atoms with van der Waals surface area (Å²) < 4.78 is 0. The summed E-state index contributed by atoms with van der Waals surface area (Å²) in [6.07, 6.45) is 5.34. The molecular weight excluding hydrogens is 294 g/mol. The van der Waals surface area contributed by atoms with E-state index in [1.54, 1.807) is 6.33 Å². The highest BCUT2D eigenvalue weighted by atomic mass is 32.2. The Balaban J connectivity index is 1.62. The quantitative estimate of drug-likeness (QED) is 0.481. The minimum atomic E-state index is 0.128. The van der Waals surface area contributed by atoms with Crippen LogP contribution in [0.5, 0.6) is 0 Å². The number of piperidine rings is 1. The van der Waals surface area contributed by atoms with Gasteiger partial charge in [0, 0.05) is 24.7 Å². The van der Waals surface area contributed by atoms with Gasteiger partial charge in [-0.25, -0.2) is 9.97 Å². The smallest absolute Gasteiger partial charge is 0.173 e. The van der Waals surface area contributed by atoms with Crippen LogP contribution in [0.2, 0.25) is 0 Å². The fourth-order valence-corrected chi connectivity index (χ4v) is 3.31. The van der Waals surface area contributed by atoms with E-state index in [0.717, 1.165) is 29.5 Å². The van der Waals surface area contributed by atoms with Crippen molar-refractivity contribution in [3.05, 3.63) is 48.3 Å². The number of anilines is 1. The van der Waals surface area contributed by atoms with Gasteiger partial charge < -0.3 is 4.90 Å². The molecule has 0 bridgehead atoms. The fourth-order valence-electron chi connectivity index (χ4n) is 2.55. The zero-order chi connectivity index (χ0) is 15.2. The lowest BCUT2D eigenvalue weighted by Gasteiger charge is -2.27. The second-order valence-electron chi connectivity index (χ2n) is 5.34. The van der Waals surface area contributed by atoms with Crippen LogP contribution in [-0.2, 0) is 0 Å². The van der Waals surface area contributed by atoms with E-state index in [-0.39, 0.29) is 5.78 Å². The van der Waals surface area contributed by atoms with Crippen molar-refractivity contribution < 1.29 is 4.79 Å². The van der Waals surface area contributed by atoms with Crippen molar-refractivity contribution in [2.45, 2.75) is 24.3 Å². The lowest BCUT2D eigenvalue weighted by atomic mass is 10.1. The summed E-state index contributed by atoms with van der Waals surface area (Å²) >= 11 is 1.47. The second-order valence-corrected chi connectivity index (χ2v) is 6.34. The lowest BCUT2D eigenvalue weighted by molar-refractivity contribution is 0.102. The second kappa shape index (κ2) is 7.40. The Labute approximate surface area is 135 Å². The minimum Gasteiger partial charge on any atom is -0.356 e. The number of nitrogens with zero attached hydrogens (tertiary/aromatic N) is 3. The summed E-state index contributed by atoms with van der Waals surface area (Å²) in [6, 6.07) is 11.4. The molecule has 0 unspecified atom stereocenters. The van der Waals surface area contributed by atoms with Crippen molar-refractivity contribution >= 4 is 23.4 Å². The predicted molar refractivity (Wildman–Crippen MR) is 89.6 cm³/mol. The van der Waals surface area contributed by atoms with Gasteiger partial charge in [-0.3, -0.25) is 4.79 Å². The van der Waals surface area contributed by atoms with Crippen LogP contribution in [0, 0.1) is 0 Å². The first kappa shape index (κ1) is 15.0.